The molecule has 0 radical (unpaired) electrons. The number of ketones is 1. The number of benzene rings is 1. The minimum Gasteiger partial charge on any atom is -0.459 e. The molecule has 0 saturated carbocycles. The van der Waals surface area contributed by atoms with Crippen molar-refractivity contribution in [2.45, 2.75) is 33.0 Å². The molecule has 8 heteroatoms. The highest BCUT2D eigenvalue weighted by Crippen LogP contribution is 2.10. The van der Waals surface area contributed by atoms with E-state index in [1.165, 1.54) is 45.2 Å². The average Bonchev–Trinajstić information content (AvgIpc) is 2.68. The second-order valence-electron chi connectivity index (χ2n) is 6.02. The van der Waals surface area contributed by atoms with Gasteiger partial charge in [-0.2, -0.15) is 0 Å². The Morgan fingerprint density at radius 3 is 1.96 bits per heavy atom. The number of ether oxygens (including phenoxy) is 4. The Balaban J connectivity index is 2.57. The molecule has 1 rings (SSSR count). The van der Waals surface area contributed by atoms with Crippen molar-refractivity contribution >= 4 is 23.7 Å². The molecular formula is C20H24O8. The summed E-state index contributed by atoms with van der Waals surface area (Å²) < 4.78 is 20.2. The predicted octanol–water partition coefficient (Wildman–Crippen LogP) is 2.11. The summed E-state index contributed by atoms with van der Waals surface area (Å²) >= 11 is 0. The number of methoxy groups -OCH3 is 1. The number of hydrogen-bond donors (Lipinski definition) is 0. The first-order valence-electron chi connectivity index (χ1n) is 8.59. The van der Waals surface area contributed by atoms with Crippen molar-refractivity contribution < 1.29 is 38.1 Å². The van der Waals surface area contributed by atoms with Crippen LogP contribution in [0.3, 0.4) is 0 Å². The molecule has 0 saturated heterocycles. The topological polar surface area (TPSA) is 105 Å². The van der Waals surface area contributed by atoms with Crippen LogP contribution < -0.4 is 0 Å². The van der Waals surface area contributed by atoms with E-state index >= 15 is 0 Å². The van der Waals surface area contributed by atoms with Gasteiger partial charge in [0.25, 0.3) is 0 Å². The molecule has 0 aromatic heterocycles. The molecule has 0 aliphatic carbocycles. The van der Waals surface area contributed by atoms with Gasteiger partial charge in [0, 0.05) is 13.2 Å². The second kappa shape index (κ2) is 11.7. The SMILES string of the molecule is COC(C)COC(=O)c1cccc(C(=O)OCC(C)OC(=O)C=CC(C)=O)c1. The van der Waals surface area contributed by atoms with Gasteiger partial charge in [-0.15, -0.1) is 0 Å². The van der Waals surface area contributed by atoms with E-state index in [1.807, 2.05) is 0 Å². The quantitative estimate of drug-likeness (QED) is 0.339. The van der Waals surface area contributed by atoms with E-state index in [0.717, 1.165) is 12.2 Å². The summed E-state index contributed by atoms with van der Waals surface area (Å²) in [7, 11) is 1.51. The summed E-state index contributed by atoms with van der Waals surface area (Å²) in [6.07, 6.45) is 1.13. The molecule has 152 valence electrons. The number of rotatable bonds is 10. The van der Waals surface area contributed by atoms with Gasteiger partial charge in [-0.3, -0.25) is 4.79 Å². The molecule has 2 atom stereocenters. The van der Waals surface area contributed by atoms with Gasteiger partial charge in [0.15, 0.2) is 5.78 Å². The van der Waals surface area contributed by atoms with Crippen LogP contribution in [0.5, 0.6) is 0 Å². The molecule has 0 aliphatic heterocycles. The van der Waals surface area contributed by atoms with E-state index < -0.39 is 24.0 Å². The van der Waals surface area contributed by atoms with Crippen molar-refractivity contribution in [1.29, 1.82) is 0 Å². The van der Waals surface area contributed by atoms with Crippen LogP contribution in [0.4, 0.5) is 0 Å². The normalized spacial score (nSPS) is 12.9. The van der Waals surface area contributed by atoms with E-state index in [4.69, 9.17) is 18.9 Å². The maximum atomic E-state index is 12.1. The van der Waals surface area contributed by atoms with Crippen LogP contribution >= 0.6 is 0 Å². The van der Waals surface area contributed by atoms with Crippen molar-refractivity contribution in [3.05, 3.63) is 47.5 Å². The first kappa shape index (κ1) is 23.0. The largest absolute Gasteiger partial charge is 0.459 e. The lowest BCUT2D eigenvalue weighted by Gasteiger charge is -2.13. The van der Waals surface area contributed by atoms with Gasteiger partial charge in [-0.25, -0.2) is 14.4 Å². The van der Waals surface area contributed by atoms with Crippen LogP contribution in [-0.2, 0) is 28.5 Å². The van der Waals surface area contributed by atoms with Crippen LogP contribution in [-0.4, -0.2) is 56.2 Å². The monoisotopic (exact) mass is 392 g/mol. The van der Waals surface area contributed by atoms with E-state index in [9.17, 15) is 19.2 Å². The Bertz CT molecular complexity index is 737. The Labute approximate surface area is 163 Å². The van der Waals surface area contributed by atoms with E-state index in [1.54, 1.807) is 6.92 Å². The molecule has 0 bridgehead atoms. The molecule has 0 spiro atoms. The number of carbonyl (C=O) groups is 4. The molecule has 1 aromatic rings. The fourth-order valence-corrected chi connectivity index (χ4v) is 1.85. The summed E-state index contributed by atoms with van der Waals surface area (Å²) in [6, 6.07) is 5.89. The van der Waals surface area contributed by atoms with Crippen LogP contribution in [0.1, 0.15) is 41.5 Å². The Morgan fingerprint density at radius 2 is 1.46 bits per heavy atom. The average molecular weight is 392 g/mol. The third-order valence-corrected chi connectivity index (χ3v) is 3.41. The molecule has 0 heterocycles. The number of hydrogen-bond acceptors (Lipinski definition) is 8. The molecule has 8 nitrogen and oxygen atoms in total. The van der Waals surface area contributed by atoms with Gasteiger partial charge in [-0.05, 0) is 45.0 Å². The summed E-state index contributed by atoms with van der Waals surface area (Å²) in [5.41, 5.74) is 0.357. The zero-order valence-electron chi connectivity index (χ0n) is 16.3. The first-order chi connectivity index (χ1) is 13.2. The van der Waals surface area contributed by atoms with E-state index in [2.05, 4.69) is 0 Å². The fraction of sp³-hybridized carbons (Fsp3) is 0.400. The summed E-state index contributed by atoms with van der Waals surface area (Å²) in [4.78, 5) is 46.4. The molecule has 2 unspecified atom stereocenters. The van der Waals surface area contributed by atoms with Crippen molar-refractivity contribution in [2.24, 2.45) is 0 Å². The number of carbonyl (C=O) groups excluding carboxylic acids is 4. The fourth-order valence-electron chi connectivity index (χ4n) is 1.85. The number of esters is 3. The summed E-state index contributed by atoms with van der Waals surface area (Å²) in [5.74, 6) is -2.26. The van der Waals surface area contributed by atoms with Gasteiger partial charge >= 0.3 is 17.9 Å². The van der Waals surface area contributed by atoms with Gasteiger partial charge in [0.05, 0.1) is 17.2 Å². The Morgan fingerprint density at radius 1 is 0.929 bits per heavy atom. The van der Waals surface area contributed by atoms with E-state index in [-0.39, 0.29) is 36.2 Å². The predicted molar refractivity (Wildman–Crippen MR) is 98.9 cm³/mol. The lowest BCUT2D eigenvalue weighted by Crippen LogP contribution is -2.22. The van der Waals surface area contributed by atoms with Crippen molar-refractivity contribution in [1.82, 2.24) is 0 Å². The summed E-state index contributed by atoms with van der Waals surface area (Å²) in [5, 5.41) is 0. The van der Waals surface area contributed by atoms with Crippen LogP contribution in [0.2, 0.25) is 0 Å². The Hall–Kier alpha value is -3.00. The molecule has 28 heavy (non-hydrogen) atoms. The third-order valence-electron chi connectivity index (χ3n) is 3.41. The van der Waals surface area contributed by atoms with Crippen LogP contribution in [0.25, 0.3) is 0 Å². The highest BCUT2D eigenvalue weighted by molar-refractivity contribution is 5.95. The third kappa shape index (κ3) is 8.59. The number of allylic oxidation sites excluding steroid dienone is 1. The highest BCUT2D eigenvalue weighted by Gasteiger charge is 2.15. The minimum atomic E-state index is -0.714. The standard InChI is InChI=1S/C20H24O8/c1-13(21)8-9-18(22)28-15(3)12-27-20(24)17-7-5-6-16(10-17)19(23)26-11-14(2)25-4/h5-10,14-15H,11-12H2,1-4H3. The molecule has 0 fully saturated rings. The molecular weight excluding hydrogens is 368 g/mol. The highest BCUT2D eigenvalue weighted by atomic mass is 16.6. The van der Waals surface area contributed by atoms with Crippen molar-refractivity contribution in [3.8, 4) is 0 Å². The molecule has 0 amide bonds. The van der Waals surface area contributed by atoms with E-state index in [0.29, 0.717) is 0 Å². The lowest BCUT2D eigenvalue weighted by molar-refractivity contribution is -0.144. The summed E-state index contributed by atoms with van der Waals surface area (Å²) in [6.45, 7) is 4.50. The minimum absolute atomic E-state index is 0.0883. The van der Waals surface area contributed by atoms with Gasteiger partial charge in [-0.1, -0.05) is 6.07 Å². The van der Waals surface area contributed by atoms with Gasteiger partial charge in [0.2, 0.25) is 0 Å². The van der Waals surface area contributed by atoms with Crippen LogP contribution in [0, 0.1) is 0 Å². The maximum Gasteiger partial charge on any atom is 0.338 e. The zero-order chi connectivity index (χ0) is 21.1. The maximum absolute atomic E-state index is 12.1. The lowest BCUT2D eigenvalue weighted by atomic mass is 10.1. The first-order valence-corrected chi connectivity index (χ1v) is 8.59. The molecule has 1 aromatic carbocycles. The molecule has 0 aliphatic rings. The zero-order valence-corrected chi connectivity index (χ0v) is 16.3. The van der Waals surface area contributed by atoms with Crippen molar-refractivity contribution in [2.75, 3.05) is 20.3 Å². The van der Waals surface area contributed by atoms with Gasteiger partial charge in [0.1, 0.15) is 19.3 Å². The second-order valence-corrected chi connectivity index (χ2v) is 6.02. The van der Waals surface area contributed by atoms with Gasteiger partial charge < -0.3 is 18.9 Å². The van der Waals surface area contributed by atoms with Crippen molar-refractivity contribution in [3.63, 3.8) is 0 Å². The van der Waals surface area contributed by atoms with Crippen LogP contribution in [0.15, 0.2) is 36.4 Å². The Kier molecular flexibility index (Phi) is 9.59. The smallest absolute Gasteiger partial charge is 0.338 e. The molecule has 0 N–H and O–H groups in total.